The molecule has 0 fully saturated rings. The number of guanidine groups is 1. The molecule has 23 heavy (non-hydrogen) atoms. The maximum atomic E-state index is 12.2. The second-order valence-electron chi connectivity index (χ2n) is 5.20. The van der Waals surface area contributed by atoms with Crippen LogP contribution in [-0.2, 0) is 0 Å². The topological polar surface area (TPSA) is 85.3 Å². The second kappa shape index (κ2) is 5.20. The van der Waals surface area contributed by atoms with Gasteiger partial charge in [0.1, 0.15) is 0 Å². The van der Waals surface area contributed by atoms with Crippen molar-refractivity contribution in [3.8, 4) is 0 Å². The number of benzene rings is 2. The van der Waals surface area contributed by atoms with Crippen molar-refractivity contribution >= 4 is 38.7 Å². The number of nitrogens with zero attached hydrogens (tertiary/aromatic N) is 3. The fourth-order valence-corrected chi connectivity index (χ4v) is 3.17. The largest absolute Gasteiger partial charge is 0.370 e. The molecule has 1 aliphatic heterocycles. The lowest BCUT2D eigenvalue weighted by Crippen LogP contribution is -2.34. The van der Waals surface area contributed by atoms with Crippen LogP contribution in [0.15, 0.2) is 62.8 Å². The van der Waals surface area contributed by atoms with E-state index in [-0.39, 0.29) is 17.7 Å². The molecular formula is C16H12BrN5O. The van der Waals surface area contributed by atoms with E-state index >= 15 is 0 Å². The molecule has 114 valence electrons. The predicted molar refractivity (Wildman–Crippen MR) is 93.5 cm³/mol. The molecular weight excluding hydrogens is 358 g/mol. The number of hydrogen-bond acceptors (Lipinski definition) is 5. The van der Waals surface area contributed by atoms with Crippen molar-refractivity contribution in [3.05, 3.63) is 68.9 Å². The van der Waals surface area contributed by atoms with Gasteiger partial charge in [-0.3, -0.25) is 14.7 Å². The fraction of sp³-hybridized carbons (Fsp3) is 0.0625. The lowest BCUT2D eigenvalue weighted by Gasteiger charge is -2.27. The number of nitrogens with two attached hydrogens (primary N) is 1. The molecule has 7 heteroatoms. The Morgan fingerprint density at radius 3 is 2.83 bits per heavy atom. The van der Waals surface area contributed by atoms with Gasteiger partial charge in [0.15, 0.2) is 12.1 Å². The summed E-state index contributed by atoms with van der Waals surface area (Å²) in [6.45, 7) is 0. The molecule has 1 atom stereocenters. The summed E-state index contributed by atoms with van der Waals surface area (Å²) >= 11 is 3.47. The minimum atomic E-state index is -0.387. The van der Waals surface area contributed by atoms with E-state index in [1.807, 2.05) is 47.0 Å². The molecule has 0 bridgehead atoms. The Morgan fingerprint density at radius 1 is 1.17 bits per heavy atom. The Balaban J connectivity index is 2.05. The summed E-state index contributed by atoms with van der Waals surface area (Å²) in [5.41, 5.74) is 7.30. The van der Waals surface area contributed by atoms with Gasteiger partial charge in [0, 0.05) is 4.47 Å². The molecule has 0 radical (unpaired) electrons. The van der Waals surface area contributed by atoms with Crippen molar-refractivity contribution in [1.29, 1.82) is 0 Å². The van der Waals surface area contributed by atoms with Crippen molar-refractivity contribution in [2.75, 3.05) is 5.32 Å². The zero-order valence-electron chi connectivity index (χ0n) is 11.9. The predicted octanol–water partition coefficient (Wildman–Crippen LogP) is 2.45. The van der Waals surface area contributed by atoms with Crippen LogP contribution in [0.2, 0.25) is 0 Å². The maximum Gasteiger partial charge on any atom is 0.282 e. The van der Waals surface area contributed by atoms with Crippen LogP contribution >= 0.6 is 15.9 Å². The van der Waals surface area contributed by atoms with Gasteiger partial charge in [-0.1, -0.05) is 40.2 Å². The number of fused-ring (bicyclic) bond motifs is 3. The van der Waals surface area contributed by atoms with E-state index in [1.165, 1.54) is 0 Å². The monoisotopic (exact) mass is 369 g/mol. The molecule has 0 saturated heterocycles. The third-order valence-corrected chi connectivity index (χ3v) is 4.22. The average Bonchev–Trinajstić information content (AvgIpc) is 2.54. The number of nitrogens with one attached hydrogen (secondary N) is 1. The number of rotatable bonds is 1. The molecule has 0 amide bonds. The summed E-state index contributed by atoms with van der Waals surface area (Å²) < 4.78 is 2.83. The van der Waals surface area contributed by atoms with E-state index in [1.54, 1.807) is 6.07 Å². The van der Waals surface area contributed by atoms with Crippen LogP contribution in [-0.4, -0.2) is 15.5 Å². The van der Waals surface area contributed by atoms with Crippen LogP contribution in [0.4, 0.5) is 5.95 Å². The van der Waals surface area contributed by atoms with Crippen LogP contribution in [0.1, 0.15) is 11.7 Å². The summed E-state index contributed by atoms with van der Waals surface area (Å²) in [5.74, 6) is 0.628. The first-order valence-corrected chi connectivity index (χ1v) is 7.80. The number of aliphatic imine (C=N–C) groups is 1. The molecule has 6 nitrogen and oxygen atoms in total. The van der Waals surface area contributed by atoms with Crippen molar-refractivity contribution in [2.45, 2.75) is 6.17 Å². The Hall–Kier alpha value is -2.67. The minimum absolute atomic E-state index is 0.233. The first kappa shape index (κ1) is 14.0. The zero-order chi connectivity index (χ0) is 16.0. The molecule has 2 heterocycles. The number of para-hydroxylation sites is 1. The van der Waals surface area contributed by atoms with Crippen molar-refractivity contribution in [2.24, 2.45) is 10.7 Å². The van der Waals surface area contributed by atoms with E-state index in [2.05, 4.69) is 31.2 Å². The molecule has 2 aromatic carbocycles. The number of hydrogen-bond donors (Lipinski definition) is 2. The highest BCUT2D eigenvalue weighted by Gasteiger charge is 2.24. The molecule has 4 rings (SSSR count). The minimum Gasteiger partial charge on any atom is -0.370 e. The van der Waals surface area contributed by atoms with Gasteiger partial charge < -0.3 is 5.73 Å². The molecule has 0 spiro atoms. The molecule has 1 aromatic heterocycles. The highest BCUT2D eigenvalue weighted by molar-refractivity contribution is 9.10. The van der Waals surface area contributed by atoms with Crippen LogP contribution in [0, 0.1) is 0 Å². The summed E-state index contributed by atoms with van der Waals surface area (Å²) in [6.07, 6.45) is -0.387. The lowest BCUT2D eigenvalue weighted by molar-refractivity contribution is 0.615. The maximum absolute atomic E-state index is 12.2. The average molecular weight is 370 g/mol. The molecule has 0 saturated carbocycles. The van der Waals surface area contributed by atoms with E-state index < -0.39 is 0 Å². The summed E-state index contributed by atoms with van der Waals surface area (Å²) in [6, 6.07) is 15.2. The molecule has 1 aliphatic rings. The van der Waals surface area contributed by atoms with Gasteiger partial charge in [0.2, 0.25) is 5.95 Å². The smallest absolute Gasteiger partial charge is 0.282 e. The SMILES string of the molecule is NC1=NC(c2cccc(Br)c2)n2c(nc(=O)c3ccccc32)N1. The van der Waals surface area contributed by atoms with E-state index in [0.29, 0.717) is 11.3 Å². The molecule has 3 N–H and O–H groups in total. The second-order valence-corrected chi connectivity index (χ2v) is 6.11. The lowest BCUT2D eigenvalue weighted by atomic mass is 10.1. The van der Waals surface area contributed by atoms with Crippen molar-refractivity contribution in [1.82, 2.24) is 9.55 Å². The highest BCUT2D eigenvalue weighted by atomic mass is 79.9. The van der Waals surface area contributed by atoms with Gasteiger partial charge in [-0.05, 0) is 29.8 Å². The quantitative estimate of drug-likeness (QED) is 0.689. The van der Waals surface area contributed by atoms with Gasteiger partial charge in [-0.15, -0.1) is 0 Å². The third-order valence-electron chi connectivity index (χ3n) is 3.72. The number of halogens is 1. The summed E-state index contributed by atoms with van der Waals surface area (Å²) in [5, 5.41) is 3.42. The highest BCUT2D eigenvalue weighted by Crippen LogP contribution is 2.30. The zero-order valence-corrected chi connectivity index (χ0v) is 13.5. The molecule has 1 unspecified atom stereocenters. The first-order chi connectivity index (χ1) is 11.1. The van der Waals surface area contributed by atoms with Gasteiger partial charge in [-0.2, -0.15) is 4.98 Å². The number of anilines is 1. The molecule has 3 aromatic rings. The Morgan fingerprint density at radius 2 is 2.00 bits per heavy atom. The van der Waals surface area contributed by atoms with Gasteiger partial charge >= 0.3 is 0 Å². The normalized spacial score (nSPS) is 16.6. The van der Waals surface area contributed by atoms with Gasteiger partial charge in [0.25, 0.3) is 5.56 Å². The van der Waals surface area contributed by atoms with Crippen molar-refractivity contribution in [3.63, 3.8) is 0 Å². The van der Waals surface area contributed by atoms with Crippen LogP contribution < -0.4 is 16.6 Å². The Labute approximate surface area is 139 Å². The standard InChI is InChI=1S/C16H12BrN5O/c17-10-5-3-4-9(8-10)13-19-15(18)21-16-20-14(23)11-6-1-2-7-12(11)22(13)16/h1-8,13H,(H3,18,19,20,21,23). The van der Waals surface area contributed by atoms with E-state index in [4.69, 9.17) is 5.73 Å². The Kier molecular flexibility index (Phi) is 3.16. The third kappa shape index (κ3) is 2.29. The van der Waals surface area contributed by atoms with Gasteiger partial charge in [0.05, 0.1) is 10.9 Å². The number of aromatic nitrogens is 2. The van der Waals surface area contributed by atoms with Crippen molar-refractivity contribution < 1.29 is 0 Å². The van der Waals surface area contributed by atoms with Crippen LogP contribution in [0.5, 0.6) is 0 Å². The van der Waals surface area contributed by atoms with E-state index in [9.17, 15) is 4.79 Å². The summed E-state index contributed by atoms with van der Waals surface area (Å²) in [7, 11) is 0. The Bertz CT molecular complexity index is 1010. The van der Waals surface area contributed by atoms with Gasteiger partial charge in [-0.25, -0.2) is 4.99 Å². The van der Waals surface area contributed by atoms with Crippen LogP contribution in [0.3, 0.4) is 0 Å². The fourth-order valence-electron chi connectivity index (χ4n) is 2.75. The molecule has 0 aliphatic carbocycles. The van der Waals surface area contributed by atoms with E-state index in [0.717, 1.165) is 15.6 Å². The first-order valence-electron chi connectivity index (χ1n) is 7.00. The summed E-state index contributed by atoms with van der Waals surface area (Å²) in [4.78, 5) is 20.8. The van der Waals surface area contributed by atoms with Crippen LogP contribution in [0.25, 0.3) is 10.9 Å².